The van der Waals surface area contributed by atoms with Crippen molar-refractivity contribution in [3.63, 3.8) is 0 Å². The van der Waals surface area contributed by atoms with Gasteiger partial charge in [-0.3, -0.25) is 4.40 Å². The number of imidazole rings is 1. The molecule has 22 heavy (non-hydrogen) atoms. The zero-order chi connectivity index (χ0) is 15.3. The van der Waals surface area contributed by atoms with Crippen LogP contribution >= 0.6 is 15.9 Å². The Labute approximate surface area is 137 Å². The largest absolute Gasteiger partial charge is 0.298 e. The van der Waals surface area contributed by atoms with Crippen molar-refractivity contribution in [3.05, 3.63) is 70.5 Å². The van der Waals surface area contributed by atoms with Crippen LogP contribution in [0.3, 0.4) is 0 Å². The first kappa shape index (κ1) is 13.5. The van der Waals surface area contributed by atoms with Crippen molar-refractivity contribution in [2.45, 2.75) is 13.8 Å². The minimum atomic E-state index is 0.890. The van der Waals surface area contributed by atoms with Gasteiger partial charge < -0.3 is 0 Å². The van der Waals surface area contributed by atoms with Crippen molar-refractivity contribution < 1.29 is 0 Å². The summed E-state index contributed by atoms with van der Waals surface area (Å²) in [4.78, 5) is 4.78. The number of fused-ring (bicyclic) bond motifs is 3. The lowest BCUT2D eigenvalue weighted by Crippen LogP contribution is -1.94. The normalized spacial score (nSPS) is 11.4. The SMILES string of the molecule is Cc1cccc(C)c1-c1c(Br)nc2c3ccccc3ccn12. The number of aromatic nitrogens is 2. The summed E-state index contributed by atoms with van der Waals surface area (Å²) in [5, 5.41) is 2.38. The van der Waals surface area contributed by atoms with Crippen LogP contribution in [0.2, 0.25) is 0 Å². The van der Waals surface area contributed by atoms with Gasteiger partial charge in [0, 0.05) is 17.1 Å². The zero-order valence-electron chi connectivity index (χ0n) is 12.5. The van der Waals surface area contributed by atoms with Crippen LogP contribution in [0.15, 0.2) is 59.3 Å². The molecule has 0 N–H and O–H groups in total. The lowest BCUT2D eigenvalue weighted by Gasteiger charge is -2.10. The molecule has 0 saturated heterocycles. The Hall–Kier alpha value is -2.13. The van der Waals surface area contributed by atoms with E-state index in [0.717, 1.165) is 15.9 Å². The van der Waals surface area contributed by atoms with Gasteiger partial charge in [-0.1, -0.05) is 42.5 Å². The highest BCUT2D eigenvalue weighted by Gasteiger charge is 2.17. The lowest BCUT2D eigenvalue weighted by molar-refractivity contribution is 1.19. The molecular formula is C19H15BrN2. The third-order valence-corrected chi connectivity index (χ3v) is 4.74. The average molecular weight is 351 g/mol. The summed E-state index contributed by atoms with van der Waals surface area (Å²) in [6, 6.07) is 16.9. The summed E-state index contributed by atoms with van der Waals surface area (Å²) < 4.78 is 3.07. The summed E-state index contributed by atoms with van der Waals surface area (Å²) in [5.41, 5.74) is 5.88. The van der Waals surface area contributed by atoms with Gasteiger partial charge in [0.2, 0.25) is 0 Å². The molecule has 0 aliphatic carbocycles. The van der Waals surface area contributed by atoms with Crippen LogP contribution in [-0.4, -0.2) is 9.38 Å². The predicted molar refractivity (Wildman–Crippen MR) is 95.3 cm³/mol. The smallest absolute Gasteiger partial charge is 0.146 e. The van der Waals surface area contributed by atoms with Crippen LogP contribution < -0.4 is 0 Å². The molecule has 0 radical (unpaired) electrons. The monoisotopic (exact) mass is 350 g/mol. The third kappa shape index (κ3) is 1.89. The third-order valence-electron chi connectivity index (χ3n) is 4.19. The fourth-order valence-corrected chi connectivity index (χ4v) is 3.71. The van der Waals surface area contributed by atoms with E-state index in [1.807, 2.05) is 0 Å². The van der Waals surface area contributed by atoms with E-state index >= 15 is 0 Å². The van der Waals surface area contributed by atoms with Gasteiger partial charge in [-0.2, -0.15) is 0 Å². The second-order valence-electron chi connectivity index (χ2n) is 5.61. The first-order valence-corrected chi connectivity index (χ1v) is 8.08. The Morgan fingerprint density at radius 3 is 2.41 bits per heavy atom. The van der Waals surface area contributed by atoms with E-state index in [1.54, 1.807) is 0 Å². The molecule has 0 aliphatic rings. The Morgan fingerprint density at radius 2 is 1.64 bits per heavy atom. The van der Waals surface area contributed by atoms with Crippen molar-refractivity contribution in [2.24, 2.45) is 0 Å². The van der Waals surface area contributed by atoms with E-state index in [0.29, 0.717) is 0 Å². The summed E-state index contributed by atoms with van der Waals surface area (Å²) in [7, 11) is 0. The molecule has 0 saturated carbocycles. The molecule has 4 aromatic rings. The standard InChI is InChI=1S/C19H15BrN2/c1-12-6-5-7-13(2)16(12)17-18(20)21-19-15-9-4-3-8-14(15)10-11-22(17)19/h3-11H,1-2H3. The number of hydrogen-bond acceptors (Lipinski definition) is 1. The highest BCUT2D eigenvalue weighted by Crippen LogP contribution is 2.35. The maximum atomic E-state index is 4.78. The summed E-state index contributed by atoms with van der Waals surface area (Å²) in [6.07, 6.45) is 2.11. The first-order chi connectivity index (χ1) is 10.7. The minimum absolute atomic E-state index is 0.890. The van der Waals surface area contributed by atoms with E-state index in [4.69, 9.17) is 4.98 Å². The maximum absolute atomic E-state index is 4.78. The average Bonchev–Trinajstić information content (AvgIpc) is 2.84. The topological polar surface area (TPSA) is 17.3 Å². The van der Waals surface area contributed by atoms with Crippen LogP contribution in [0.1, 0.15) is 11.1 Å². The number of nitrogens with zero attached hydrogens (tertiary/aromatic N) is 2. The fourth-order valence-electron chi connectivity index (χ4n) is 3.15. The van der Waals surface area contributed by atoms with Gasteiger partial charge in [-0.15, -0.1) is 0 Å². The van der Waals surface area contributed by atoms with Crippen molar-refractivity contribution in [2.75, 3.05) is 0 Å². The van der Waals surface area contributed by atoms with Gasteiger partial charge in [-0.25, -0.2) is 4.98 Å². The molecule has 0 spiro atoms. The Kier molecular flexibility index (Phi) is 3.05. The molecule has 0 bridgehead atoms. The Balaban J connectivity index is 2.16. The van der Waals surface area contributed by atoms with E-state index in [2.05, 4.69) is 88.9 Å². The zero-order valence-corrected chi connectivity index (χ0v) is 14.1. The van der Waals surface area contributed by atoms with Gasteiger partial charge in [0.15, 0.2) is 0 Å². The van der Waals surface area contributed by atoms with E-state index in [-0.39, 0.29) is 0 Å². The molecule has 2 nitrogen and oxygen atoms in total. The van der Waals surface area contributed by atoms with Crippen LogP contribution in [-0.2, 0) is 0 Å². The molecule has 2 aromatic carbocycles. The predicted octanol–water partition coefficient (Wildman–Crippen LogP) is 5.53. The molecule has 0 amide bonds. The number of halogens is 1. The van der Waals surface area contributed by atoms with Gasteiger partial charge in [0.05, 0.1) is 5.69 Å². The molecule has 4 rings (SSSR count). The van der Waals surface area contributed by atoms with E-state index in [9.17, 15) is 0 Å². The first-order valence-electron chi connectivity index (χ1n) is 7.28. The Morgan fingerprint density at radius 1 is 0.909 bits per heavy atom. The number of rotatable bonds is 1. The van der Waals surface area contributed by atoms with Crippen LogP contribution in [0.25, 0.3) is 27.7 Å². The number of aryl methyl sites for hydroxylation is 2. The molecule has 0 atom stereocenters. The molecule has 2 aromatic heterocycles. The van der Waals surface area contributed by atoms with E-state index in [1.165, 1.54) is 27.5 Å². The molecule has 3 heteroatoms. The van der Waals surface area contributed by atoms with E-state index < -0.39 is 0 Å². The number of pyridine rings is 1. The minimum Gasteiger partial charge on any atom is -0.298 e. The van der Waals surface area contributed by atoms with Gasteiger partial charge >= 0.3 is 0 Å². The van der Waals surface area contributed by atoms with Gasteiger partial charge in [0.25, 0.3) is 0 Å². The molecule has 0 unspecified atom stereocenters. The molecule has 108 valence electrons. The lowest BCUT2D eigenvalue weighted by atomic mass is 10.0. The second-order valence-corrected chi connectivity index (χ2v) is 6.37. The molecule has 0 fully saturated rings. The summed E-state index contributed by atoms with van der Waals surface area (Å²) >= 11 is 3.67. The highest BCUT2D eigenvalue weighted by atomic mass is 79.9. The van der Waals surface area contributed by atoms with Crippen molar-refractivity contribution in [3.8, 4) is 11.3 Å². The van der Waals surface area contributed by atoms with Crippen LogP contribution in [0.5, 0.6) is 0 Å². The van der Waals surface area contributed by atoms with Crippen molar-refractivity contribution in [1.82, 2.24) is 9.38 Å². The van der Waals surface area contributed by atoms with Crippen LogP contribution in [0, 0.1) is 13.8 Å². The summed E-state index contributed by atoms with van der Waals surface area (Å²) in [5.74, 6) is 0. The van der Waals surface area contributed by atoms with Gasteiger partial charge in [-0.05, 0) is 52.4 Å². The van der Waals surface area contributed by atoms with Crippen molar-refractivity contribution >= 4 is 32.3 Å². The quantitative estimate of drug-likeness (QED) is 0.440. The fraction of sp³-hybridized carbons (Fsp3) is 0.105. The Bertz CT molecular complexity index is 994. The van der Waals surface area contributed by atoms with Crippen LogP contribution in [0.4, 0.5) is 0 Å². The maximum Gasteiger partial charge on any atom is 0.146 e. The molecule has 0 aliphatic heterocycles. The van der Waals surface area contributed by atoms with Gasteiger partial charge in [0.1, 0.15) is 10.3 Å². The highest BCUT2D eigenvalue weighted by molar-refractivity contribution is 9.10. The second kappa shape index (κ2) is 4.96. The summed E-state index contributed by atoms with van der Waals surface area (Å²) in [6.45, 7) is 4.30. The molecular weight excluding hydrogens is 336 g/mol. The van der Waals surface area contributed by atoms with Crippen molar-refractivity contribution in [1.29, 1.82) is 0 Å². The molecule has 2 heterocycles. The number of hydrogen-bond donors (Lipinski definition) is 0. The number of benzene rings is 2.